The number of carbonyl (C=O) groups is 1. The van der Waals surface area contributed by atoms with Gasteiger partial charge in [-0.15, -0.1) is 5.10 Å². The molecular formula is C7H9N3O3. The highest BCUT2D eigenvalue weighted by molar-refractivity contribution is 5.70. The highest BCUT2D eigenvalue weighted by atomic mass is 16.6. The zero-order chi connectivity index (χ0) is 9.26. The Morgan fingerprint density at radius 3 is 2.92 bits per heavy atom. The molecule has 1 fully saturated rings. The number of likely N-dealkylation sites (tertiary alicyclic amines) is 1. The number of aromatic nitrogens is 2. The summed E-state index contributed by atoms with van der Waals surface area (Å²) in [5.41, 5.74) is 0. The molecule has 1 aliphatic rings. The minimum absolute atomic E-state index is 0.161. The molecule has 1 aromatic rings. The van der Waals surface area contributed by atoms with E-state index in [-0.39, 0.29) is 11.8 Å². The van der Waals surface area contributed by atoms with Crippen LogP contribution in [-0.4, -0.2) is 39.4 Å². The third kappa shape index (κ3) is 1.56. The van der Waals surface area contributed by atoms with E-state index in [0.717, 1.165) is 19.5 Å². The third-order valence-electron chi connectivity index (χ3n) is 1.85. The number of hydrogen-bond donors (Lipinski definition) is 2. The minimum Gasteiger partial charge on any atom is -0.492 e. The number of hydrogen-bond acceptors (Lipinski definition) is 4. The molecule has 70 valence electrons. The Bertz CT molecular complexity index is 319. The number of rotatable bonds is 1. The van der Waals surface area contributed by atoms with Crippen molar-refractivity contribution in [2.75, 3.05) is 13.1 Å². The van der Waals surface area contributed by atoms with E-state index in [1.807, 2.05) is 0 Å². The van der Waals surface area contributed by atoms with Crippen LogP contribution in [0.2, 0.25) is 0 Å². The first-order chi connectivity index (χ1) is 6.25. The van der Waals surface area contributed by atoms with Crippen LogP contribution in [0.5, 0.6) is 11.8 Å². The van der Waals surface area contributed by atoms with E-state index in [2.05, 4.69) is 10.2 Å². The van der Waals surface area contributed by atoms with Gasteiger partial charge in [0.05, 0.1) is 6.07 Å². The summed E-state index contributed by atoms with van der Waals surface area (Å²) in [6, 6.07) is 1.25. The van der Waals surface area contributed by atoms with Crippen molar-refractivity contribution in [3.63, 3.8) is 0 Å². The van der Waals surface area contributed by atoms with Crippen molar-refractivity contribution in [1.29, 1.82) is 0 Å². The predicted octanol–water partition coefficient (Wildman–Crippen LogP) is 0.320. The molecule has 13 heavy (non-hydrogen) atoms. The molecule has 2 heterocycles. The highest BCUT2D eigenvalue weighted by Gasteiger charge is 2.22. The van der Waals surface area contributed by atoms with Crippen molar-refractivity contribution >= 4 is 6.09 Å². The summed E-state index contributed by atoms with van der Waals surface area (Å²) in [4.78, 5) is 12.7. The summed E-state index contributed by atoms with van der Waals surface area (Å²) in [5.74, 6) is -0.0270. The number of amides is 1. The second kappa shape index (κ2) is 2.96. The van der Waals surface area contributed by atoms with Gasteiger partial charge < -0.3 is 14.7 Å². The first kappa shape index (κ1) is 7.90. The molecule has 6 heteroatoms. The number of aromatic amines is 1. The maximum absolute atomic E-state index is 11.2. The fourth-order valence-corrected chi connectivity index (χ4v) is 1.00. The molecule has 1 amide bonds. The molecule has 0 unspecified atom stereocenters. The lowest BCUT2D eigenvalue weighted by atomic mass is 10.2. The molecule has 0 aliphatic carbocycles. The van der Waals surface area contributed by atoms with Crippen molar-refractivity contribution in [2.24, 2.45) is 0 Å². The number of H-pyrrole nitrogens is 1. The highest BCUT2D eigenvalue weighted by Crippen LogP contribution is 2.15. The van der Waals surface area contributed by atoms with Crippen LogP contribution in [0.3, 0.4) is 0 Å². The first-order valence-electron chi connectivity index (χ1n) is 3.97. The molecule has 2 rings (SSSR count). The lowest BCUT2D eigenvalue weighted by molar-refractivity contribution is 0.123. The van der Waals surface area contributed by atoms with Crippen LogP contribution < -0.4 is 4.74 Å². The van der Waals surface area contributed by atoms with E-state index in [9.17, 15) is 4.79 Å². The van der Waals surface area contributed by atoms with Crippen LogP contribution in [0, 0.1) is 0 Å². The zero-order valence-corrected chi connectivity index (χ0v) is 6.86. The van der Waals surface area contributed by atoms with Gasteiger partial charge in [0.25, 0.3) is 0 Å². The lowest BCUT2D eigenvalue weighted by Crippen LogP contribution is -2.43. The van der Waals surface area contributed by atoms with E-state index in [1.165, 1.54) is 6.07 Å². The summed E-state index contributed by atoms with van der Waals surface area (Å²) in [6.45, 7) is 1.47. The molecule has 1 saturated heterocycles. The zero-order valence-electron chi connectivity index (χ0n) is 6.86. The Kier molecular flexibility index (Phi) is 1.80. The Labute approximate surface area is 74.1 Å². The smallest absolute Gasteiger partial charge is 0.416 e. The topological polar surface area (TPSA) is 78.5 Å². The van der Waals surface area contributed by atoms with E-state index < -0.39 is 6.09 Å². The lowest BCUT2D eigenvalue weighted by Gasteiger charge is -2.29. The van der Waals surface area contributed by atoms with Gasteiger partial charge in [-0.05, 0) is 6.42 Å². The molecule has 0 radical (unpaired) electrons. The summed E-state index contributed by atoms with van der Waals surface area (Å²) >= 11 is 0. The maximum Gasteiger partial charge on any atom is 0.416 e. The average molecular weight is 183 g/mol. The van der Waals surface area contributed by atoms with Gasteiger partial charge in [0, 0.05) is 13.1 Å². The first-order valence-corrected chi connectivity index (χ1v) is 3.97. The van der Waals surface area contributed by atoms with Crippen LogP contribution in [-0.2, 0) is 0 Å². The summed E-state index contributed by atoms with van der Waals surface area (Å²) in [6.07, 6.45) is 0.610. The third-order valence-corrected chi connectivity index (χ3v) is 1.85. The van der Waals surface area contributed by atoms with Gasteiger partial charge in [-0.3, -0.25) is 0 Å². The molecule has 1 aromatic heterocycles. The van der Waals surface area contributed by atoms with Crippen molar-refractivity contribution in [3.8, 4) is 11.8 Å². The largest absolute Gasteiger partial charge is 0.492 e. The second-order valence-electron chi connectivity index (χ2n) is 2.80. The van der Waals surface area contributed by atoms with Crippen molar-refractivity contribution in [1.82, 2.24) is 15.1 Å². The van der Waals surface area contributed by atoms with Crippen LogP contribution in [0.25, 0.3) is 0 Å². The van der Waals surface area contributed by atoms with Gasteiger partial charge in [0.1, 0.15) is 0 Å². The van der Waals surface area contributed by atoms with Crippen LogP contribution in [0.1, 0.15) is 6.42 Å². The minimum atomic E-state index is -0.408. The molecule has 6 nitrogen and oxygen atoms in total. The van der Waals surface area contributed by atoms with Crippen LogP contribution in [0.4, 0.5) is 4.79 Å². The normalized spacial score (nSPS) is 15.2. The summed E-state index contributed by atoms with van der Waals surface area (Å²) in [5, 5.41) is 14.6. The van der Waals surface area contributed by atoms with Crippen LogP contribution in [0.15, 0.2) is 6.07 Å². The molecule has 0 saturated carbocycles. The number of nitrogens with zero attached hydrogens (tertiary/aromatic N) is 2. The number of nitrogens with one attached hydrogen (secondary N) is 1. The van der Waals surface area contributed by atoms with E-state index in [4.69, 9.17) is 9.84 Å². The monoisotopic (exact) mass is 183 g/mol. The second-order valence-corrected chi connectivity index (χ2v) is 2.80. The van der Waals surface area contributed by atoms with Crippen LogP contribution >= 0.6 is 0 Å². The average Bonchev–Trinajstić information content (AvgIpc) is 2.31. The fourth-order valence-electron chi connectivity index (χ4n) is 1.00. The predicted molar refractivity (Wildman–Crippen MR) is 42.5 cm³/mol. The Morgan fingerprint density at radius 2 is 2.46 bits per heavy atom. The van der Waals surface area contributed by atoms with Gasteiger partial charge in [0.15, 0.2) is 0 Å². The van der Waals surface area contributed by atoms with Crippen molar-refractivity contribution in [3.05, 3.63) is 6.07 Å². The Balaban J connectivity index is 1.93. The number of aromatic hydroxyl groups is 1. The number of carbonyl (C=O) groups excluding carboxylic acids is 1. The van der Waals surface area contributed by atoms with E-state index >= 15 is 0 Å². The summed E-state index contributed by atoms with van der Waals surface area (Å²) in [7, 11) is 0. The maximum atomic E-state index is 11.2. The van der Waals surface area contributed by atoms with Gasteiger partial charge >= 0.3 is 6.09 Å². The molecule has 0 aromatic carbocycles. The quantitative estimate of drug-likeness (QED) is 0.657. The fraction of sp³-hybridized carbons (Fsp3) is 0.429. The van der Waals surface area contributed by atoms with Crippen molar-refractivity contribution < 1.29 is 14.6 Å². The van der Waals surface area contributed by atoms with Gasteiger partial charge in [-0.1, -0.05) is 0 Å². The molecule has 0 atom stereocenters. The summed E-state index contributed by atoms with van der Waals surface area (Å²) < 4.78 is 4.85. The van der Waals surface area contributed by atoms with Crippen molar-refractivity contribution in [2.45, 2.75) is 6.42 Å². The standard InChI is InChI=1S/C7H9N3O3/c11-5-4-6(9-8-5)13-7(12)10-2-1-3-10/h4H,1-3H2,(H2,8,9,11). The van der Waals surface area contributed by atoms with Gasteiger partial charge in [-0.25, -0.2) is 9.89 Å². The van der Waals surface area contributed by atoms with Gasteiger partial charge in [-0.2, -0.15) is 0 Å². The molecular weight excluding hydrogens is 174 g/mol. The van der Waals surface area contributed by atoms with Gasteiger partial charge in [0.2, 0.25) is 11.8 Å². The molecule has 1 aliphatic heterocycles. The Hall–Kier alpha value is -1.72. The number of ether oxygens (including phenoxy) is 1. The molecule has 0 bridgehead atoms. The van der Waals surface area contributed by atoms with E-state index in [0.29, 0.717) is 0 Å². The molecule has 0 spiro atoms. The molecule has 2 N–H and O–H groups in total. The SMILES string of the molecule is O=C(Oc1cc(O)n[nH]1)N1CCC1. The van der Waals surface area contributed by atoms with E-state index in [1.54, 1.807) is 4.90 Å². The Morgan fingerprint density at radius 1 is 1.69 bits per heavy atom.